The van der Waals surface area contributed by atoms with Gasteiger partial charge < -0.3 is 39.9 Å². The van der Waals surface area contributed by atoms with Crippen LogP contribution in [0.15, 0.2) is 72.9 Å². The Balaban J connectivity index is 2.53. The summed E-state index contributed by atoms with van der Waals surface area (Å²) < 4.78 is 33.4. The first kappa shape index (κ1) is 56.3. The Morgan fingerprint density at radius 2 is 0.951 bits per heavy atom. The third-order valence-corrected chi connectivity index (χ3v) is 11.0. The third kappa shape index (κ3) is 29.3. The molecule has 1 aliphatic carbocycles. The molecule has 0 aliphatic heterocycles. The van der Waals surface area contributed by atoms with Crippen molar-refractivity contribution in [1.82, 2.24) is 0 Å². The lowest BCUT2D eigenvalue weighted by molar-refractivity contribution is -0.220. The van der Waals surface area contributed by atoms with Crippen molar-refractivity contribution in [3.05, 3.63) is 72.9 Å². The van der Waals surface area contributed by atoms with Crippen molar-refractivity contribution in [2.45, 2.75) is 198 Å². The summed E-state index contributed by atoms with van der Waals surface area (Å²) in [4.78, 5) is 35.6. The zero-order valence-corrected chi connectivity index (χ0v) is 37.8. The predicted molar refractivity (Wildman–Crippen MR) is 239 cm³/mol. The minimum Gasteiger partial charge on any atom is -0.462 e. The average molecular weight is 883 g/mol. The first-order valence-corrected chi connectivity index (χ1v) is 24.2. The molecule has 14 heteroatoms. The second-order valence-electron chi connectivity index (χ2n) is 15.5. The minimum atomic E-state index is -5.14. The number of phosphoric acid groups is 1. The van der Waals surface area contributed by atoms with Crippen LogP contribution in [-0.4, -0.2) is 98.3 Å². The van der Waals surface area contributed by atoms with Crippen molar-refractivity contribution in [3.8, 4) is 0 Å². The maximum absolute atomic E-state index is 12.8. The van der Waals surface area contributed by atoms with E-state index in [2.05, 4.69) is 74.6 Å². The molecule has 0 aromatic heterocycles. The second-order valence-corrected chi connectivity index (χ2v) is 16.9. The first-order chi connectivity index (χ1) is 29.4. The van der Waals surface area contributed by atoms with E-state index in [1.54, 1.807) is 0 Å². The minimum absolute atomic E-state index is 0.0323. The average Bonchev–Trinajstić information content (AvgIpc) is 3.24. The van der Waals surface area contributed by atoms with E-state index in [9.17, 15) is 44.6 Å². The number of hydrogen-bond donors (Lipinski definition) is 6. The van der Waals surface area contributed by atoms with E-state index in [-0.39, 0.29) is 12.8 Å². The number of allylic oxidation sites excluding steroid dienone is 12. The highest BCUT2D eigenvalue weighted by molar-refractivity contribution is 7.47. The summed E-state index contributed by atoms with van der Waals surface area (Å²) >= 11 is 0. The van der Waals surface area contributed by atoms with Crippen molar-refractivity contribution in [2.24, 2.45) is 0 Å². The molecule has 1 saturated carbocycles. The van der Waals surface area contributed by atoms with Gasteiger partial charge in [-0.25, -0.2) is 4.57 Å². The Labute approximate surface area is 365 Å². The van der Waals surface area contributed by atoms with Gasteiger partial charge in [0.25, 0.3) is 0 Å². The number of carbonyl (C=O) groups is 2. The Morgan fingerprint density at radius 1 is 0.525 bits per heavy atom. The Hall–Kier alpha value is -2.71. The summed E-state index contributed by atoms with van der Waals surface area (Å²) in [5, 5.41) is 50.1. The lowest BCUT2D eigenvalue weighted by atomic mass is 9.85. The highest BCUT2D eigenvalue weighted by Gasteiger charge is 2.51. The standard InChI is InChI=1S/C47H79O13P/c1-3-5-7-9-11-13-15-17-19-20-22-23-25-27-29-31-33-35-40(48)57-37-39(38-58-61(55,56)60-47-45(53)43(51)42(50)44(52)46(47)54)59-41(49)36-34-32-30-28-26-24-21-18-16-14-12-10-8-6-4-2/h6,8,12,14,18,21-23,26-29,39,42-47,50-54H,3-5,7,9-11,13,15-17,19-20,24-25,30-38H2,1-2H3,(H,55,56)/b8-6+,14-12+,21-18+,23-22+,28-26+,29-27+/t39-,42?,43-,44?,45?,46?,47?/m0/s1. The number of ether oxygens (including phenoxy) is 2. The summed E-state index contributed by atoms with van der Waals surface area (Å²) in [6, 6.07) is 0. The van der Waals surface area contributed by atoms with Crippen molar-refractivity contribution in [2.75, 3.05) is 13.2 Å². The van der Waals surface area contributed by atoms with Gasteiger partial charge in [-0.05, 0) is 77.0 Å². The van der Waals surface area contributed by atoms with Gasteiger partial charge in [0, 0.05) is 12.8 Å². The molecule has 0 spiro atoms. The van der Waals surface area contributed by atoms with Gasteiger partial charge >= 0.3 is 19.8 Å². The Morgan fingerprint density at radius 3 is 1.48 bits per heavy atom. The van der Waals surface area contributed by atoms with Gasteiger partial charge in [0.15, 0.2) is 6.10 Å². The van der Waals surface area contributed by atoms with Crippen LogP contribution >= 0.6 is 7.82 Å². The molecule has 6 unspecified atom stereocenters. The topological polar surface area (TPSA) is 210 Å². The number of aliphatic hydroxyl groups excluding tert-OH is 5. The molecule has 61 heavy (non-hydrogen) atoms. The molecular weight excluding hydrogens is 803 g/mol. The molecule has 13 nitrogen and oxygen atoms in total. The smallest absolute Gasteiger partial charge is 0.462 e. The Bertz CT molecular complexity index is 1340. The van der Waals surface area contributed by atoms with Gasteiger partial charge in [0.2, 0.25) is 0 Å². The fourth-order valence-electron chi connectivity index (χ4n) is 6.37. The number of aliphatic hydroxyl groups is 5. The fraction of sp³-hybridized carbons (Fsp3) is 0.702. The van der Waals surface area contributed by atoms with E-state index in [1.165, 1.54) is 57.8 Å². The largest absolute Gasteiger partial charge is 0.472 e. The molecule has 1 fully saturated rings. The molecule has 8 atom stereocenters. The van der Waals surface area contributed by atoms with E-state index in [0.29, 0.717) is 25.7 Å². The molecule has 0 aromatic carbocycles. The zero-order chi connectivity index (χ0) is 45.0. The number of unbranched alkanes of at least 4 members (excludes halogenated alkanes) is 12. The van der Waals surface area contributed by atoms with E-state index in [4.69, 9.17) is 18.5 Å². The SMILES string of the molecule is CC/C=C/C/C=C/C/C=C/C/C=C/CCCCC(=O)O[C@@H](COC(=O)CCC/C=C/C/C=C/CCCCCCCCCCC)COP(=O)(O)OC1C(O)C(O)C(O)[C@H](O)C1O. The van der Waals surface area contributed by atoms with Crippen LogP contribution in [0.25, 0.3) is 0 Å². The second kappa shape index (κ2) is 36.7. The summed E-state index contributed by atoms with van der Waals surface area (Å²) in [5.74, 6) is -1.21. The predicted octanol–water partition coefficient (Wildman–Crippen LogP) is 8.72. The number of esters is 2. The normalized spacial score (nSPS) is 22.7. The van der Waals surface area contributed by atoms with Gasteiger partial charge in [-0.1, -0.05) is 138 Å². The molecule has 0 radical (unpaired) electrons. The van der Waals surface area contributed by atoms with Gasteiger partial charge in [-0.3, -0.25) is 18.6 Å². The van der Waals surface area contributed by atoms with Gasteiger partial charge in [0.1, 0.15) is 43.2 Å². The maximum atomic E-state index is 12.8. The van der Waals surface area contributed by atoms with Crippen molar-refractivity contribution in [1.29, 1.82) is 0 Å². The van der Waals surface area contributed by atoms with E-state index in [0.717, 1.165) is 44.9 Å². The van der Waals surface area contributed by atoms with Crippen LogP contribution in [-0.2, 0) is 32.7 Å². The van der Waals surface area contributed by atoms with Crippen LogP contribution in [0.2, 0.25) is 0 Å². The fourth-order valence-corrected chi connectivity index (χ4v) is 7.35. The molecule has 1 rings (SSSR count). The van der Waals surface area contributed by atoms with Crippen LogP contribution in [0.4, 0.5) is 0 Å². The molecule has 0 aromatic rings. The van der Waals surface area contributed by atoms with E-state index >= 15 is 0 Å². The molecule has 6 N–H and O–H groups in total. The first-order valence-electron chi connectivity index (χ1n) is 22.7. The van der Waals surface area contributed by atoms with Crippen LogP contribution < -0.4 is 0 Å². The third-order valence-electron chi connectivity index (χ3n) is 10.0. The summed E-state index contributed by atoms with van der Waals surface area (Å²) in [6.07, 6.45) is 32.6. The van der Waals surface area contributed by atoms with Crippen LogP contribution in [0.3, 0.4) is 0 Å². The monoisotopic (exact) mass is 883 g/mol. The molecule has 0 bridgehead atoms. The lowest BCUT2D eigenvalue weighted by Gasteiger charge is -2.41. The Kier molecular flexibility index (Phi) is 33.9. The summed E-state index contributed by atoms with van der Waals surface area (Å²) in [5.41, 5.74) is 0. The molecule has 1 aliphatic rings. The van der Waals surface area contributed by atoms with Gasteiger partial charge in [-0.15, -0.1) is 0 Å². The molecule has 0 heterocycles. The number of carbonyl (C=O) groups excluding carboxylic acids is 2. The molecule has 350 valence electrons. The summed E-state index contributed by atoms with van der Waals surface area (Å²) in [7, 11) is -5.14. The molecule has 0 saturated heterocycles. The summed E-state index contributed by atoms with van der Waals surface area (Å²) in [6.45, 7) is 3.10. The number of rotatable bonds is 36. The highest BCUT2D eigenvalue weighted by Crippen LogP contribution is 2.47. The zero-order valence-electron chi connectivity index (χ0n) is 36.9. The van der Waals surface area contributed by atoms with Gasteiger partial charge in [-0.2, -0.15) is 0 Å². The van der Waals surface area contributed by atoms with Crippen molar-refractivity contribution >= 4 is 19.8 Å². The number of hydrogen-bond acceptors (Lipinski definition) is 12. The van der Waals surface area contributed by atoms with E-state index < -0.39 is 75.7 Å². The molecule has 0 amide bonds. The lowest BCUT2D eigenvalue weighted by Crippen LogP contribution is -2.64. The van der Waals surface area contributed by atoms with Crippen LogP contribution in [0.5, 0.6) is 0 Å². The van der Waals surface area contributed by atoms with E-state index in [1.807, 2.05) is 12.2 Å². The van der Waals surface area contributed by atoms with Crippen molar-refractivity contribution in [3.63, 3.8) is 0 Å². The van der Waals surface area contributed by atoms with Crippen molar-refractivity contribution < 1.29 is 63.1 Å². The van der Waals surface area contributed by atoms with Gasteiger partial charge in [0.05, 0.1) is 6.61 Å². The number of phosphoric ester groups is 1. The maximum Gasteiger partial charge on any atom is 0.472 e. The molecular formula is C47H79O13P. The van der Waals surface area contributed by atoms with Crippen LogP contribution in [0, 0.1) is 0 Å². The van der Waals surface area contributed by atoms with Crippen LogP contribution in [0.1, 0.15) is 155 Å². The quantitative estimate of drug-likeness (QED) is 0.0151. The highest BCUT2D eigenvalue weighted by atomic mass is 31.2.